The molecular weight excluding hydrogens is 424 g/mol. The summed E-state index contributed by atoms with van der Waals surface area (Å²) in [6.45, 7) is 5.56. The second-order valence-electron chi connectivity index (χ2n) is 8.57. The Bertz CT molecular complexity index is 946. The summed E-state index contributed by atoms with van der Waals surface area (Å²) in [5.41, 5.74) is 1.13. The Labute approximate surface area is 194 Å². The monoisotopic (exact) mass is 456 g/mol. The summed E-state index contributed by atoms with van der Waals surface area (Å²) in [5.74, 6) is 0.749. The van der Waals surface area contributed by atoms with Crippen LogP contribution < -0.4 is 0 Å². The van der Waals surface area contributed by atoms with E-state index < -0.39 is 0 Å². The van der Waals surface area contributed by atoms with Crippen molar-refractivity contribution in [1.82, 2.24) is 9.97 Å². The smallest absolute Gasteiger partial charge is 0.333 e. The highest BCUT2D eigenvalue weighted by Crippen LogP contribution is 2.22. The van der Waals surface area contributed by atoms with Crippen LogP contribution >= 0.6 is 0 Å². The lowest BCUT2D eigenvalue weighted by atomic mass is 9.95. The molecule has 0 spiro atoms. The number of carbonyl (C=O) groups excluding carboxylic acids is 2. The number of aromatic nitrogens is 2. The summed E-state index contributed by atoms with van der Waals surface area (Å²) >= 11 is 0. The number of cyclic esters (lactones) is 2. The molecule has 1 aliphatic rings. The standard InChI is InChI=1S/C25H32N2O6/c1-17-8-6-9-19(3)24(28)32-20(11-21-13-26-15-30-21)10-5-4-7-18(2)25(29)33-23(17)12-22-14-27-16-31-22/h7,9,13-17,20,23H,4-6,8,10-12H2,1-3H3/b18-7+,19-9+/t17-,20+,23-/m0/s1. The van der Waals surface area contributed by atoms with Gasteiger partial charge in [0.25, 0.3) is 0 Å². The highest BCUT2D eigenvalue weighted by atomic mass is 16.5. The fourth-order valence-electron chi connectivity index (χ4n) is 3.72. The number of oxazole rings is 2. The molecule has 0 saturated carbocycles. The maximum atomic E-state index is 12.7. The first-order valence-corrected chi connectivity index (χ1v) is 11.4. The second kappa shape index (κ2) is 12.2. The minimum atomic E-state index is -0.353. The highest BCUT2D eigenvalue weighted by Gasteiger charge is 2.24. The van der Waals surface area contributed by atoms with Gasteiger partial charge in [0.1, 0.15) is 23.7 Å². The zero-order valence-corrected chi connectivity index (χ0v) is 19.5. The molecule has 0 N–H and O–H groups in total. The van der Waals surface area contributed by atoms with Crippen LogP contribution in [0.25, 0.3) is 0 Å². The van der Waals surface area contributed by atoms with Crippen molar-refractivity contribution in [2.24, 2.45) is 5.92 Å². The Hall–Kier alpha value is -3.16. The van der Waals surface area contributed by atoms with Crippen molar-refractivity contribution in [3.8, 4) is 0 Å². The predicted octanol–water partition coefficient (Wildman–Crippen LogP) is 4.76. The summed E-state index contributed by atoms with van der Waals surface area (Å²) in [5, 5.41) is 0. The first-order chi connectivity index (χ1) is 15.9. The first-order valence-electron chi connectivity index (χ1n) is 11.4. The Kier molecular flexibility index (Phi) is 9.04. The topological polar surface area (TPSA) is 105 Å². The first kappa shape index (κ1) is 24.5. The molecule has 2 aromatic heterocycles. The maximum absolute atomic E-state index is 12.7. The number of carbonyl (C=O) groups is 2. The lowest BCUT2D eigenvalue weighted by Gasteiger charge is -2.23. The normalized spacial score (nSPS) is 27.1. The Morgan fingerprint density at radius 2 is 1.45 bits per heavy atom. The summed E-state index contributed by atoms with van der Waals surface area (Å²) in [6.07, 6.45) is 13.5. The van der Waals surface area contributed by atoms with Crippen molar-refractivity contribution >= 4 is 11.9 Å². The number of esters is 2. The number of hydrogen-bond acceptors (Lipinski definition) is 8. The van der Waals surface area contributed by atoms with Gasteiger partial charge in [-0.2, -0.15) is 0 Å². The molecule has 0 aliphatic carbocycles. The van der Waals surface area contributed by atoms with E-state index in [-0.39, 0.29) is 30.1 Å². The van der Waals surface area contributed by atoms with Crippen LogP contribution in [0.3, 0.4) is 0 Å². The van der Waals surface area contributed by atoms with Crippen molar-refractivity contribution in [2.45, 2.75) is 77.9 Å². The van der Waals surface area contributed by atoms with E-state index in [4.69, 9.17) is 18.3 Å². The molecule has 8 nitrogen and oxygen atoms in total. The molecule has 0 fully saturated rings. The molecular formula is C25H32N2O6. The van der Waals surface area contributed by atoms with Crippen LogP contribution in [0.15, 0.2) is 57.3 Å². The van der Waals surface area contributed by atoms with Crippen LogP contribution in [-0.4, -0.2) is 34.1 Å². The van der Waals surface area contributed by atoms with Crippen LogP contribution in [0, 0.1) is 5.92 Å². The molecule has 0 bridgehead atoms. The Morgan fingerprint density at radius 3 is 2.09 bits per heavy atom. The lowest BCUT2D eigenvalue weighted by Crippen LogP contribution is -2.28. The van der Waals surface area contributed by atoms with E-state index in [2.05, 4.69) is 9.97 Å². The van der Waals surface area contributed by atoms with E-state index >= 15 is 0 Å². The molecule has 3 atom stereocenters. The van der Waals surface area contributed by atoms with Gasteiger partial charge in [0.2, 0.25) is 0 Å². The predicted molar refractivity (Wildman–Crippen MR) is 120 cm³/mol. The fraction of sp³-hybridized carbons (Fsp3) is 0.520. The van der Waals surface area contributed by atoms with Gasteiger partial charge in [0.15, 0.2) is 12.8 Å². The van der Waals surface area contributed by atoms with Crippen molar-refractivity contribution in [3.05, 3.63) is 60.0 Å². The van der Waals surface area contributed by atoms with Gasteiger partial charge in [0.05, 0.1) is 12.4 Å². The van der Waals surface area contributed by atoms with Crippen LogP contribution in [0.4, 0.5) is 0 Å². The summed E-state index contributed by atoms with van der Waals surface area (Å²) in [6, 6.07) is 0. The summed E-state index contributed by atoms with van der Waals surface area (Å²) in [7, 11) is 0. The molecule has 1 aliphatic heterocycles. The second-order valence-corrected chi connectivity index (χ2v) is 8.57. The maximum Gasteiger partial charge on any atom is 0.333 e. The minimum Gasteiger partial charge on any atom is -0.459 e. The van der Waals surface area contributed by atoms with Crippen molar-refractivity contribution in [2.75, 3.05) is 0 Å². The van der Waals surface area contributed by atoms with E-state index in [1.54, 1.807) is 26.2 Å². The number of rotatable bonds is 4. The van der Waals surface area contributed by atoms with Gasteiger partial charge in [-0.15, -0.1) is 0 Å². The van der Waals surface area contributed by atoms with Gasteiger partial charge in [-0.3, -0.25) is 0 Å². The van der Waals surface area contributed by atoms with Crippen LogP contribution in [-0.2, 0) is 31.9 Å². The number of nitrogens with zero attached hydrogens (tertiary/aromatic N) is 2. The summed E-state index contributed by atoms with van der Waals surface area (Å²) < 4.78 is 22.3. The fourth-order valence-corrected chi connectivity index (χ4v) is 3.72. The number of ether oxygens (including phenoxy) is 2. The summed E-state index contributed by atoms with van der Waals surface area (Å²) in [4.78, 5) is 33.3. The molecule has 3 heterocycles. The SMILES string of the molecule is C/C1=C\CC[C@H](C)[C@H](Cc2cnco2)OC(=O)/C(C)=C/CCC[C@H](Cc2cnco2)OC1=O. The van der Waals surface area contributed by atoms with Crippen molar-refractivity contribution in [1.29, 1.82) is 0 Å². The van der Waals surface area contributed by atoms with Gasteiger partial charge in [-0.1, -0.05) is 19.1 Å². The molecule has 2 aromatic rings. The van der Waals surface area contributed by atoms with Gasteiger partial charge in [-0.05, 0) is 51.9 Å². The Balaban J connectivity index is 1.73. The third-order valence-corrected chi connectivity index (χ3v) is 5.86. The van der Waals surface area contributed by atoms with Crippen molar-refractivity contribution < 1.29 is 27.9 Å². The lowest BCUT2D eigenvalue weighted by molar-refractivity contribution is -0.147. The number of allylic oxidation sites excluding steroid dienone is 2. The zero-order valence-electron chi connectivity index (χ0n) is 19.5. The van der Waals surface area contributed by atoms with Gasteiger partial charge in [-0.25, -0.2) is 19.6 Å². The molecule has 8 heteroatoms. The largest absolute Gasteiger partial charge is 0.459 e. The average molecular weight is 457 g/mol. The van der Waals surface area contributed by atoms with Gasteiger partial charge >= 0.3 is 11.9 Å². The third kappa shape index (κ3) is 7.73. The molecule has 0 saturated heterocycles. The highest BCUT2D eigenvalue weighted by molar-refractivity contribution is 5.88. The molecule has 3 rings (SSSR count). The zero-order chi connectivity index (χ0) is 23.6. The van der Waals surface area contributed by atoms with Gasteiger partial charge in [0, 0.05) is 24.0 Å². The minimum absolute atomic E-state index is 0.0547. The van der Waals surface area contributed by atoms with E-state index in [9.17, 15) is 9.59 Å². The van der Waals surface area contributed by atoms with E-state index in [1.165, 1.54) is 12.8 Å². The van der Waals surface area contributed by atoms with E-state index in [0.29, 0.717) is 54.8 Å². The number of hydrogen-bond donors (Lipinski definition) is 0. The third-order valence-electron chi connectivity index (χ3n) is 5.86. The van der Waals surface area contributed by atoms with Gasteiger partial charge < -0.3 is 18.3 Å². The van der Waals surface area contributed by atoms with Crippen LogP contribution in [0.2, 0.25) is 0 Å². The molecule has 0 unspecified atom stereocenters. The van der Waals surface area contributed by atoms with Crippen LogP contribution in [0.1, 0.15) is 64.4 Å². The Morgan fingerprint density at radius 1 is 0.848 bits per heavy atom. The van der Waals surface area contributed by atoms with E-state index in [1.807, 2.05) is 19.1 Å². The average Bonchev–Trinajstić information content (AvgIpc) is 3.49. The molecule has 178 valence electrons. The van der Waals surface area contributed by atoms with E-state index in [0.717, 1.165) is 12.8 Å². The molecule has 0 radical (unpaired) electrons. The molecule has 0 amide bonds. The molecule has 33 heavy (non-hydrogen) atoms. The molecule has 0 aromatic carbocycles. The quantitative estimate of drug-likeness (QED) is 0.606. The van der Waals surface area contributed by atoms with Crippen molar-refractivity contribution in [3.63, 3.8) is 0 Å². The van der Waals surface area contributed by atoms with Crippen LogP contribution in [0.5, 0.6) is 0 Å².